The number of benzene rings is 2. The number of esters is 1. The zero-order valence-corrected chi connectivity index (χ0v) is 15.6. The second-order valence-electron chi connectivity index (χ2n) is 6.89. The first-order chi connectivity index (χ1) is 13.0. The van der Waals surface area contributed by atoms with Gasteiger partial charge in [0.25, 0.3) is 0 Å². The Hall–Kier alpha value is -3.14. The summed E-state index contributed by atoms with van der Waals surface area (Å²) in [4.78, 5) is 26.0. The molecule has 136 valence electrons. The maximum Gasteiger partial charge on any atom is 0.336 e. The van der Waals surface area contributed by atoms with Crippen molar-refractivity contribution in [2.75, 3.05) is 6.61 Å². The van der Waals surface area contributed by atoms with Gasteiger partial charge in [-0.15, -0.1) is 0 Å². The van der Waals surface area contributed by atoms with Gasteiger partial charge in [0.05, 0.1) is 17.9 Å². The summed E-state index contributed by atoms with van der Waals surface area (Å²) in [7, 11) is 0. The molecule has 0 fully saturated rings. The molecule has 4 rings (SSSR count). The summed E-state index contributed by atoms with van der Waals surface area (Å²) >= 11 is 0. The Morgan fingerprint density at radius 3 is 2.37 bits per heavy atom. The molecule has 27 heavy (non-hydrogen) atoms. The normalized spacial score (nSPS) is 18.2. The number of carbonyl (C=O) groups excluding carboxylic acids is 2. The van der Waals surface area contributed by atoms with Crippen molar-refractivity contribution in [1.82, 2.24) is 5.32 Å². The van der Waals surface area contributed by atoms with Crippen molar-refractivity contribution >= 4 is 17.4 Å². The molecule has 1 N–H and O–H groups in total. The first-order valence-corrected chi connectivity index (χ1v) is 9.12. The highest BCUT2D eigenvalue weighted by Crippen LogP contribution is 2.46. The van der Waals surface area contributed by atoms with Crippen LogP contribution in [0.5, 0.6) is 0 Å². The minimum absolute atomic E-state index is 0.0343. The molecule has 2 aromatic rings. The number of Topliss-reactive ketones (excluding diaryl/α,β-unsaturated/α-hetero) is 1. The quantitative estimate of drug-likeness (QED) is 0.838. The third-order valence-corrected chi connectivity index (χ3v) is 5.15. The summed E-state index contributed by atoms with van der Waals surface area (Å²) < 4.78 is 5.32. The summed E-state index contributed by atoms with van der Waals surface area (Å²) in [5.74, 6) is -0.864. The number of aryl methyl sites for hydroxylation is 1. The van der Waals surface area contributed by atoms with Gasteiger partial charge in [0.15, 0.2) is 5.78 Å². The molecule has 0 spiro atoms. The lowest BCUT2D eigenvalue weighted by atomic mass is 9.79. The van der Waals surface area contributed by atoms with Gasteiger partial charge >= 0.3 is 5.97 Å². The summed E-state index contributed by atoms with van der Waals surface area (Å²) in [5.41, 5.74) is 6.24. The molecule has 2 aliphatic rings. The highest BCUT2D eigenvalue weighted by molar-refractivity contribution is 6.23. The second kappa shape index (κ2) is 6.54. The van der Waals surface area contributed by atoms with Crippen molar-refractivity contribution in [1.29, 1.82) is 0 Å². The summed E-state index contributed by atoms with van der Waals surface area (Å²) in [6, 6.07) is 15.5. The van der Waals surface area contributed by atoms with E-state index in [9.17, 15) is 9.59 Å². The first-order valence-electron chi connectivity index (χ1n) is 9.12. The number of hydrogen-bond donors (Lipinski definition) is 1. The van der Waals surface area contributed by atoms with Gasteiger partial charge < -0.3 is 10.1 Å². The van der Waals surface area contributed by atoms with Crippen molar-refractivity contribution in [3.63, 3.8) is 0 Å². The molecule has 0 saturated heterocycles. The molecular weight excluding hydrogens is 338 g/mol. The maximum absolute atomic E-state index is 13.2. The van der Waals surface area contributed by atoms with E-state index in [1.54, 1.807) is 6.92 Å². The van der Waals surface area contributed by atoms with E-state index in [-0.39, 0.29) is 18.4 Å². The van der Waals surface area contributed by atoms with E-state index >= 15 is 0 Å². The Morgan fingerprint density at radius 2 is 1.70 bits per heavy atom. The van der Waals surface area contributed by atoms with Crippen molar-refractivity contribution in [3.05, 3.63) is 87.6 Å². The molecule has 0 radical (unpaired) electrons. The zero-order chi connectivity index (χ0) is 19.1. The highest BCUT2D eigenvalue weighted by Gasteiger charge is 2.42. The number of ether oxygens (including phenoxy) is 1. The molecule has 1 atom stereocenters. The van der Waals surface area contributed by atoms with E-state index < -0.39 is 5.92 Å². The summed E-state index contributed by atoms with van der Waals surface area (Å²) in [5, 5.41) is 3.30. The lowest BCUT2D eigenvalue weighted by molar-refractivity contribution is -0.138. The molecule has 2 aromatic carbocycles. The number of hydrogen-bond acceptors (Lipinski definition) is 4. The van der Waals surface area contributed by atoms with Crippen LogP contribution in [0.3, 0.4) is 0 Å². The van der Waals surface area contributed by atoms with Crippen LogP contribution in [0, 0.1) is 6.92 Å². The highest BCUT2D eigenvalue weighted by atomic mass is 16.5. The van der Waals surface area contributed by atoms with Gasteiger partial charge in [0, 0.05) is 28.3 Å². The number of nitrogens with one attached hydrogen (secondary N) is 1. The average Bonchev–Trinajstić information content (AvgIpc) is 2.94. The maximum atomic E-state index is 13.2. The fourth-order valence-electron chi connectivity index (χ4n) is 3.90. The van der Waals surface area contributed by atoms with Crippen LogP contribution in [0.15, 0.2) is 65.4 Å². The SMILES string of the molecule is CCOC(=O)C1=C(C)NC2=C(C(=O)c3ccccc32)[C@@H]1c1ccc(C)cc1. The third-order valence-electron chi connectivity index (χ3n) is 5.15. The van der Waals surface area contributed by atoms with Crippen LogP contribution in [-0.2, 0) is 9.53 Å². The lowest BCUT2D eigenvalue weighted by Crippen LogP contribution is -2.29. The Morgan fingerprint density at radius 1 is 1.04 bits per heavy atom. The topological polar surface area (TPSA) is 55.4 Å². The number of allylic oxidation sites excluding steroid dienone is 2. The summed E-state index contributed by atoms with van der Waals surface area (Å²) in [6.07, 6.45) is 0. The van der Waals surface area contributed by atoms with Gasteiger partial charge in [-0.25, -0.2) is 4.79 Å². The predicted octanol–water partition coefficient (Wildman–Crippen LogP) is 4.13. The number of ketones is 1. The Balaban J connectivity index is 1.92. The molecular formula is C23H21NO3. The molecule has 1 aliphatic carbocycles. The van der Waals surface area contributed by atoms with E-state index in [0.29, 0.717) is 16.7 Å². The van der Waals surface area contributed by atoms with Crippen molar-refractivity contribution in [2.24, 2.45) is 0 Å². The van der Waals surface area contributed by atoms with Crippen molar-refractivity contribution in [3.8, 4) is 0 Å². The number of rotatable bonds is 3. The van der Waals surface area contributed by atoms with Crippen LogP contribution in [-0.4, -0.2) is 18.4 Å². The van der Waals surface area contributed by atoms with Crippen molar-refractivity contribution in [2.45, 2.75) is 26.7 Å². The molecule has 0 bridgehead atoms. The number of carbonyl (C=O) groups is 2. The molecule has 4 heteroatoms. The van der Waals surface area contributed by atoms with Crippen LogP contribution in [0.4, 0.5) is 0 Å². The van der Waals surface area contributed by atoms with Gasteiger partial charge in [0.2, 0.25) is 0 Å². The molecule has 1 aliphatic heterocycles. The second-order valence-corrected chi connectivity index (χ2v) is 6.89. The van der Waals surface area contributed by atoms with Crippen LogP contribution in [0.1, 0.15) is 46.8 Å². The van der Waals surface area contributed by atoms with Gasteiger partial charge in [-0.05, 0) is 26.3 Å². The van der Waals surface area contributed by atoms with Crippen LogP contribution < -0.4 is 5.32 Å². The van der Waals surface area contributed by atoms with Gasteiger partial charge in [-0.3, -0.25) is 4.79 Å². The molecule has 0 unspecified atom stereocenters. The monoisotopic (exact) mass is 359 g/mol. The standard InChI is InChI=1S/C23H21NO3/c1-4-27-23(26)18-14(3)24-21-16-7-5-6-8-17(16)22(25)20(21)19(18)15-11-9-13(2)10-12-15/h5-12,19,24H,4H2,1-3H3/t19-/m1/s1. The zero-order valence-electron chi connectivity index (χ0n) is 15.6. The van der Waals surface area contributed by atoms with Gasteiger partial charge in [-0.2, -0.15) is 0 Å². The number of dihydropyridines is 1. The Labute approximate surface area is 158 Å². The smallest absolute Gasteiger partial charge is 0.336 e. The van der Waals surface area contributed by atoms with E-state index in [1.807, 2.05) is 62.4 Å². The third kappa shape index (κ3) is 2.69. The molecule has 0 saturated carbocycles. The fourth-order valence-corrected chi connectivity index (χ4v) is 3.90. The van der Waals surface area contributed by atoms with Crippen LogP contribution >= 0.6 is 0 Å². The minimum atomic E-state index is -0.444. The van der Waals surface area contributed by atoms with Gasteiger partial charge in [0.1, 0.15) is 0 Å². The first kappa shape index (κ1) is 17.3. The Kier molecular flexibility index (Phi) is 4.19. The minimum Gasteiger partial charge on any atom is -0.463 e. The largest absolute Gasteiger partial charge is 0.463 e. The van der Waals surface area contributed by atoms with Crippen LogP contribution in [0.25, 0.3) is 5.70 Å². The average molecular weight is 359 g/mol. The molecule has 0 aromatic heterocycles. The molecule has 1 heterocycles. The van der Waals surface area contributed by atoms with E-state index in [4.69, 9.17) is 4.74 Å². The lowest BCUT2D eigenvalue weighted by Gasteiger charge is -2.29. The van der Waals surface area contributed by atoms with Crippen molar-refractivity contribution < 1.29 is 14.3 Å². The van der Waals surface area contributed by atoms with E-state index in [1.165, 1.54) is 0 Å². The Bertz CT molecular complexity index is 1010. The van der Waals surface area contributed by atoms with Crippen LogP contribution in [0.2, 0.25) is 0 Å². The van der Waals surface area contributed by atoms with E-state index in [2.05, 4.69) is 5.32 Å². The molecule has 4 nitrogen and oxygen atoms in total. The van der Waals surface area contributed by atoms with E-state index in [0.717, 1.165) is 28.1 Å². The predicted molar refractivity (Wildman–Crippen MR) is 104 cm³/mol. The molecule has 0 amide bonds. The fraction of sp³-hybridized carbons (Fsp3) is 0.217. The summed E-state index contributed by atoms with van der Waals surface area (Å²) in [6.45, 7) is 5.95. The van der Waals surface area contributed by atoms with Gasteiger partial charge in [-0.1, -0.05) is 54.1 Å². The number of fused-ring (bicyclic) bond motifs is 2.